The first-order chi connectivity index (χ1) is 5.57. The van der Waals surface area contributed by atoms with E-state index in [4.69, 9.17) is 0 Å². The molecule has 0 N–H and O–H groups in total. The summed E-state index contributed by atoms with van der Waals surface area (Å²) in [5.41, 5.74) is 0.315. The number of allylic oxidation sites excluding steroid dienone is 2. The lowest BCUT2D eigenvalue weighted by Crippen LogP contribution is -2.27. The first kappa shape index (κ1) is 8.64. The molecule has 4 heteroatoms. The van der Waals surface area contributed by atoms with Crippen LogP contribution in [0, 0.1) is 5.92 Å². The number of ether oxygens (including phenoxy) is 1. The van der Waals surface area contributed by atoms with E-state index in [1.807, 2.05) is 0 Å². The van der Waals surface area contributed by atoms with Gasteiger partial charge in [-0.05, 0) is 18.6 Å². The van der Waals surface area contributed by atoms with Crippen molar-refractivity contribution in [1.29, 1.82) is 0 Å². The molecule has 0 bridgehead atoms. The molecule has 64 valence electrons. The standard InChI is InChI=1S/C8H8O4/c1-4-3-5(9)6(7(4)10)8(11)12-2/h3,6H,1-2H3/t6-/m1/s1. The van der Waals surface area contributed by atoms with Crippen LogP contribution in [0.4, 0.5) is 0 Å². The van der Waals surface area contributed by atoms with Crippen molar-refractivity contribution < 1.29 is 19.1 Å². The summed E-state index contributed by atoms with van der Waals surface area (Å²) in [6.07, 6.45) is 1.17. The SMILES string of the molecule is COC(=O)[C@@H]1C(=O)C=C(C)C1=O. The topological polar surface area (TPSA) is 60.4 Å². The zero-order valence-electron chi connectivity index (χ0n) is 6.79. The Morgan fingerprint density at radius 2 is 2.08 bits per heavy atom. The molecule has 0 saturated carbocycles. The van der Waals surface area contributed by atoms with Crippen LogP contribution in [0.5, 0.6) is 0 Å². The third-order valence-corrected chi connectivity index (χ3v) is 1.73. The number of ketones is 2. The zero-order valence-corrected chi connectivity index (χ0v) is 6.79. The Morgan fingerprint density at radius 1 is 1.50 bits per heavy atom. The minimum absolute atomic E-state index is 0.315. The number of carbonyl (C=O) groups excluding carboxylic acids is 3. The maximum atomic E-state index is 11.1. The van der Waals surface area contributed by atoms with Gasteiger partial charge >= 0.3 is 5.97 Å². The lowest BCUT2D eigenvalue weighted by Gasteiger charge is -2.03. The molecule has 0 aliphatic heterocycles. The largest absolute Gasteiger partial charge is 0.468 e. The van der Waals surface area contributed by atoms with Crippen molar-refractivity contribution in [1.82, 2.24) is 0 Å². The monoisotopic (exact) mass is 168 g/mol. The predicted octanol–water partition coefficient (Wildman–Crippen LogP) is -0.126. The normalized spacial score (nSPS) is 22.5. The van der Waals surface area contributed by atoms with Gasteiger partial charge in [0.1, 0.15) is 0 Å². The lowest BCUT2D eigenvalue weighted by molar-refractivity contribution is -0.150. The molecule has 0 spiro atoms. The molecule has 0 heterocycles. The molecular formula is C8H8O4. The van der Waals surface area contributed by atoms with E-state index in [9.17, 15) is 14.4 Å². The molecule has 12 heavy (non-hydrogen) atoms. The number of Topliss-reactive ketones (excluding diaryl/α,β-unsaturated/α-hetero) is 1. The van der Waals surface area contributed by atoms with Gasteiger partial charge in [-0.2, -0.15) is 0 Å². The minimum atomic E-state index is -1.24. The Kier molecular flexibility index (Phi) is 2.08. The third kappa shape index (κ3) is 1.15. The zero-order chi connectivity index (χ0) is 9.30. The minimum Gasteiger partial charge on any atom is -0.468 e. The van der Waals surface area contributed by atoms with Gasteiger partial charge in [0.2, 0.25) is 0 Å². The summed E-state index contributed by atoms with van der Waals surface area (Å²) in [5.74, 6) is -2.95. The first-order valence-electron chi connectivity index (χ1n) is 3.42. The van der Waals surface area contributed by atoms with Crippen molar-refractivity contribution in [2.24, 2.45) is 5.92 Å². The third-order valence-electron chi connectivity index (χ3n) is 1.73. The predicted molar refractivity (Wildman–Crippen MR) is 39.3 cm³/mol. The fourth-order valence-electron chi connectivity index (χ4n) is 1.07. The van der Waals surface area contributed by atoms with Crippen LogP contribution >= 0.6 is 0 Å². The average molecular weight is 168 g/mol. The van der Waals surface area contributed by atoms with Crippen LogP contribution in [0.2, 0.25) is 0 Å². The van der Waals surface area contributed by atoms with Crippen molar-refractivity contribution >= 4 is 17.5 Å². The molecule has 4 nitrogen and oxygen atoms in total. The van der Waals surface area contributed by atoms with Gasteiger partial charge in [0.05, 0.1) is 7.11 Å². The van der Waals surface area contributed by atoms with Gasteiger partial charge in [0.25, 0.3) is 0 Å². The van der Waals surface area contributed by atoms with Crippen LogP contribution < -0.4 is 0 Å². The van der Waals surface area contributed by atoms with Gasteiger partial charge in [0, 0.05) is 0 Å². The molecule has 0 aromatic carbocycles. The molecule has 0 fully saturated rings. The summed E-state index contributed by atoms with van der Waals surface area (Å²) < 4.78 is 4.31. The highest BCUT2D eigenvalue weighted by Crippen LogP contribution is 2.18. The molecule has 0 radical (unpaired) electrons. The second-order valence-electron chi connectivity index (χ2n) is 2.55. The average Bonchev–Trinajstić information content (AvgIpc) is 2.26. The molecule has 1 atom stereocenters. The van der Waals surface area contributed by atoms with Crippen LogP contribution in [0.3, 0.4) is 0 Å². The molecule has 0 aromatic heterocycles. The van der Waals surface area contributed by atoms with Gasteiger partial charge < -0.3 is 4.74 Å². The fourth-order valence-corrected chi connectivity index (χ4v) is 1.07. The van der Waals surface area contributed by atoms with E-state index in [1.54, 1.807) is 0 Å². The summed E-state index contributed by atoms with van der Waals surface area (Å²) in [7, 11) is 1.15. The molecule has 1 aliphatic rings. The van der Waals surface area contributed by atoms with E-state index in [1.165, 1.54) is 13.0 Å². The van der Waals surface area contributed by atoms with E-state index in [0.29, 0.717) is 5.57 Å². The van der Waals surface area contributed by atoms with Crippen LogP contribution in [-0.4, -0.2) is 24.6 Å². The summed E-state index contributed by atoms with van der Waals surface area (Å²) in [4.78, 5) is 33.0. The molecule has 0 aromatic rings. The highest BCUT2D eigenvalue weighted by molar-refractivity contribution is 6.30. The molecule has 1 aliphatic carbocycles. The number of hydrogen-bond acceptors (Lipinski definition) is 4. The van der Waals surface area contributed by atoms with Gasteiger partial charge in [-0.1, -0.05) is 0 Å². The van der Waals surface area contributed by atoms with Crippen molar-refractivity contribution in [2.45, 2.75) is 6.92 Å². The molecule has 0 amide bonds. The quantitative estimate of drug-likeness (QED) is 0.404. The van der Waals surface area contributed by atoms with Crippen LogP contribution in [-0.2, 0) is 19.1 Å². The summed E-state index contributed by atoms with van der Waals surface area (Å²) >= 11 is 0. The number of hydrogen-bond donors (Lipinski definition) is 0. The van der Waals surface area contributed by atoms with E-state index >= 15 is 0 Å². The second-order valence-corrected chi connectivity index (χ2v) is 2.55. The second kappa shape index (κ2) is 2.89. The van der Waals surface area contributed by atoms with Crippen molar-refractivity contribution in [3.8, 4) is 0 Å². The van der Waals surface area contributed by atoms with Crippen LogP contribution in [0.25, 0.3) is 0 Å². The van der Waals surface area contributed by atoms with Gasteiger partial charge in [0.15, 0.2) is 17.5 Å². The van der Waals surface area contributed by atoms with E-state index in [2.05, 4.69) is 4.74 Å². The first-order valence-corrected chi connectivity index (χ1v) is 3.42. The van der Waals surface area contributed by atoms with Gasteiger partial charge in [-0.25, -0.2) is 0 Å². The maximum Gasteiger partial charge on any atom is 0.324 e. The number of rotatable bonds is 1. The van der Waals surface area contributed by atoms with Gasteiger partial charge in [-0.3, -0.25) is 14.4 Å². The van der Waals surface area contributed by atoms with Crippen molar-refractivity contribution in [3.05, 3.63) is 11.6 Å². The highest BCUT2D eigenvalue weighted by atomic mass is 16.5. The Hall–Kier alpha value is -1.45. The van der Waals surface area contributed by atoms with Crippen LogP contribution in [0.1, 0.15) is 6.92 Å². The Labute approximate surface area is 69.2 Å². The maximum absolute atomic E-state index is 11.1. The Morgan fingerprint density at radius 3 is 2.42 bits per heavy atom. The Bertz CT molecular complexity index is 287. The Balaban J connectivity index is 2.91. The smallest absolute Gasteiger partial charge is 0.324 e. The molecule has 0 saturated heterocycles. The van der Waals surface area contributed by atoms with Gasteiger partial charge in [-0.15, -0.1) is 0 Å². The lowest BCUT2D eigenvalue weighted by atomic mass is 10.0. The van der Waals surface area contributed by atoms with E-state index in [-0.39, 0.29) is 0 Å². The summed E-state index contributed by atoms with van der Waals surface area (Å²) in [6, 6.07) is 0. The molecule has 1 rings (SSSR count). The fraction of sp³-hybridized carbons (Fsp3) is 0.375. The highest BCUT2D eigenvalue weighted by Gasteiger charge is 2.38. The summed E-state index contributed by atoms with van der Waals surface area (Å²) in [5, 5.41) is 0. The van der Waals surface area contributed by atoms with Crippen molar-refractivity contribution in [3.63, 3.8) is 0 Å². The van der Waals surface area contributed by atoms with Crippen molar-refractivity contribution in [2.75, 3.05) is 7.11 Å². The molecular weight excluding hydrogens is 160 g/mol. The van der Waals surface area contributed by atoms with E-state index in [0.717, 1.165) is 7.11 Å². The molecule has 0 unspecified atom stereocenters. The summed E-state index contributed by atoms with van der Waals surface area (Å²) in [6.45, 7) is 1.50. The number of methoxy groups -OCH3 is 1. The van der Waals surface area contributed by atoms with Crippen LogP contribution in [0.15, 0.2) is 11.6 Å². The number of esters is 1. The number of carbonyl (C=O) groups is 3. The van der Waals surface area contributed by atoms with E-state index < -0.39 is 23.5 Å².